The van der Waals surface area contributed by atoms with E-state index in [1.807, 2.05) is 0 Å². The van der Waals surface area contributed by atoms with E-state index in [-0.39, 0.29) is 17.2 Å². The van der Waals surface area contributed by atoms with E-state index in [9.17, 15) is 9.18 Å². The van der Waals surface area contributed by atoms with Crippen LogP contribution in [0.4, 0.5) is 16.0 Å². The number of nitrogen functional groups attached to an aromatic ring is 1. The molecule has 0 aliphatic rings. The third kappa shape index (κ3) is 2.65. The first kappa shape index (κ1) is 12.9. The monoisotopic (exact) mass is 261 g/mol. The highest BCUT2D eigenvalue weighted by Gasteiger charge is 2.14. The molecule has 0 atom stereocenters. The number of para-hydroxylation sites is 1. The van der Waals surface area contributed by atoms with Gasteiger partial charge >= 0.3 is 0 Å². The van der Waals surface area contributed by atoms with E-state index in [0.717, 1.165) is 0 Å². The summed E-state index contributed by atoms with van der Waals surface area (Å²) in [5.41, 5.74) is 6.64. The number of benzene rings is 1. The summed E-state index contributed by atoms with van der Waals surface area (Å²) in [4.78, 5) is 16.0. The van der Waals surface area contributed by atoms with Crippen molar-refractivity contribution in [2.45, 2.75) is 13.8 Å². The quantitative estimate of drug-likeness (QED) is 0.798. The molecule has 6 nitrogen and oxygen atoms in total. The molecular weight excluding hydrogens is 249 g/mol. The molecule has 2 rings (SSSR count). The number of nitrogens with two attached hydrogens (primary N) is 1. The van der Waals surface area contributed by atoms with Crippen molar-refractivity contribution in [1.82, 2.24) is 15.2 Å². The number of nitrogens with one attached hydrogen (secondary N) is 1. The van der Waals surface area contributed by atoms with Gasteiger partial charge in [-0.25, -0.2) is 9.37 Å². The number of carbonyl (C=O) groups excluding carboxylic acids is 1. The minimum atomic E-state index is -0.646. The van der Waals surface area contributed by atoms with Crippen LogP contribution in [-0.4, -0.2) is 21.1 Å². The lowest BCUT2D eigenvalue weighted by Gasteiger charge is -2.07. The number of amides is 1. The van der Waals surface area contributed by atoms with Gasteiger partial charge in [-0.1, -0.05) is 6.07 Å². The molecule has 1 heterocycles. The van der Waals surface area contributed by atoms with E-state index >= 15 is 0 Å². The zero-order valence-electron chi connectivity index (χ0n) is 10.4. The third-order valence-corrected chi connectivity index (χ3v) is 2.61. The summed E-state index contributed by atoms with van der Waals surface area (Å²) >= 11 is 0. The van der Waals surface area contributed by atoms with Crippen molar-refractivity contribution in [2.75, 3.05) is 11.1 Å². The van der Waals surface area contributed by atoms with Crippen LogP contribution < -0.4 is 11.1 Å². The van der Waals surface area contributed by atoms with Crippen molar-refractivity contribution in [1.29, 1.82) is 0 Å². The molecule has 0 aliphatic heterocycles. The highest BCUT2D eigenvalue weighted by Crippen LogP contribution is 2.16. The topological polar surface area (TPSA) is 93.8 Å². The van der Waals surface area contributed by atoms with Gasteiger partial charge in [0, 0.05) is 0 Å². The minimum Gasteiger partial charge on any atom is -0.396 e. The molecule has 1 aromatic heterocycles. The molecule has 7 heteroatoms. The number of aryl methyl sites for hydroxylation is 2. The Morgan fingerprint density at radius 3 is 2.68 bits per heavy atom. The van der Waals surface area contributed by atoms with Gasteiger partial charge in [0.05, 0.1) is 22.6 Å². The van der Waals surface area contributed by atoms with Gasteiger partial charge in [0.1, 0.15) is 5.82 Å². The summed E-state index contributed by atoms with van der Waals surface area (Å²) in [6.45, 7) is 3.50. The van der Waals surface area contributed by atoms with Crippen molar-refractivity contribution >= 4 is 17.5 Å². The summed E-state index contributed by atoms with van der Waals surface area (Å²) in [7, 11) is 0. The molecule has 98 valence electrons. The SMILES string of the molecule is Cc1nnc(NC(=O)c2cccc(F)c2N)nc1C. The highest BCUT2D eigenvalue weighted by molar-refractivity contribution is 6.06. The Morgan fingerprint density at radius 1 is 1.26 bits per heavy atom. The maximum absolute atomic E-state index is 13.2. The van der Waals surface area contributed by atoms with E-state index in [2.05, 4.69) is 20.5 Å². The number of halogens is 1. The Hall–Kier alpha value is -2.57. The van der Waals surface area contributed by atoms with Crippen molar-refractivity contribution in [3.63, 3.8) is 0 Å². The van der Waals surface area contributed by atoms with Gasteiger partial charge in [0.15, 0.2) is 0 Å². The predicted molar refractivity (Wildman–Crippen MR) is 68.1 cm³/mol. The van der Waals surface area contributed by atoms with Crippen molar-refractivity contribution in [2.24, 2.45) is 0 Å². The van der Waals surface area contributed by atoms with Crippen LogP contribution in [0.15, 0.2) is 18.2 Å². The van der Waals surface area contributed by atoms with Crippen LogP contribution in [-0.2, 0) is 0 Å². The Bertz CT molecular complexity index is 644. The predicted octanol–water partition coefficient (Wildman–Crippen LogP) is 1.46. The molecular formula is C12H12FN5O. The first-order valence-corrected chi connectivity index (χ1v) is 5.52. The second kappa shape index (κ2) is 4.97. The van der Waals surface area contributed by atoms with Crippen LogP contribution in [0.3, 0.4) is 0 Å². The number of hydrogen-bond donors (Lipinski definition) is 2. The van der Waals surface area contributed by atoms with Gasteiger partial charge in [0.2, 0.25) is 5.95 Å². The maximum Gasteiger partial charge on any atom is 0.260 e. The summed E-state index contributed by atoms with van der Waals surface area (Å²) in [6.07, 6.45) is 0. The zero-order chi connectivity index (χ0) is 14.0. The van der Waals surface area contributed by atoms with E-state index < -0.39 is 11.7 Å². The van der Waals surface area contributed by atoms with Crippen LogP contribution in [0.5, 0.6) is 0 Å². The molecule has 0 fully saturated rings. The lowest BCUT2D eigenvalue weighted by atomic mass is 10.1. The standard InChI is InChI=1S/C12H12FN5O/c1-6-7(2)17-18-12(15-6)16-11(19)8-4-3-5-9(13)10(8)14/h3-5H,14H2,1-2H3,(H,15,16,18,19). The second-order valence-electron chi connectivity index (χ2n) is 3.96. The smallest absolute Gasteiger partial charge is 0.260 e. The molecule has 1 amide bonds. The Kier molecular flexibility index (Phi) is 3.37. The summed E-state index contributed by atoms with van der Waals surface area (Å²) < 4.78 is 13.2. The van der Waals surface area contributed by atoms with Crippen LogP contribution in [0.1, 0.15) is 21.7 Å². The Balaban J connectivity index is 2.26. The number of hydrogen-bond acceptors (Lipinski definition) is 5. The lowest BCUT2D eigenvalue weighted by Crippen LogP contribution is -2.17. The average molecular weight is 261 g/mol. The first-order valence-electron chi connectivity index (χ1n) is 5.52. The lowest BCUT2D eigenvalue weighted by molar-refractivity contribution is 0.102. The molecule has 2 aromatic rings. The van der Waals surface area contributed by atoms with Crippen molar-refractivity contribution in [3.8, 4) is 0 Å². The van der Waals surface area contributed by atoms with Crippen LogP contribution in [0, 0.1) is 19.7 Å². The maximum atomic E-state index is 13.2. The number of rotatable bonds is 2. The number of aromatic nitrogens is 3. The van der Waals surface area contributed by atoms with E-state index in [1.54, 1.807) is 13.8 Å². The molecule has 0 radical (unpaired) electrons. The molecule has 0 unspecified atom stereocenters. The largest absolute Gasteiger partial charge is 0.396 e. The van der Waals surface area contributed by atoms with Gasteiger partial charge in [-0.3, -0.25) is 10.1 Å². The normalized spacial score (nSPS) is 10.3. The minimum absolute atomic E-state index is 0.0295. The molecule has 0 bridgehead atoms. The van der Waals surface area contributed by atoms with Crippen LogP contribution in [0.25, 0.3) is 0 Å². The molecule has 19 heavy (non-hydrogen) atoms. The second-order valence-corrected chi connectivity index (χ2v) is 3.96. The summed E-state index contributed by atoms with van der Waals surface area (Å²) in [6, 6.07) is 4.00. The first-order chi connectivity index (χ1) is 8.99. The molecule has 0 saturated heterocycles. The van der Waals surface area contributed by atoms with Gasteiger partial charge in [0.25, 0.3) is 5.91 Å². The van der Waals surface area contributed by atoms with E-state index in [4.69, 9.17) is 5.73 Å². The molecule has 0 saturated carbocycles. The molecule has 0 aliphatic carbocycles. The third-order valence-electron chi connectivity index (χ3n) is 2.61. The fourth-order valence-corrected chi connectivity index (χ4v) is 1.41. The van der Waals surface area contributed by atoms with Crippen molar-refractivity contribution in [3.05, 3.63) is 41.0 Å². The number of anilines is 2. The number of carbonyl (C=O) groups is 1. The zero-order valence-corrected chi connectivity index (χ0v) is 10.4. The molecule has 1 aromatic carbocycles. The van der Waals surface area contributed by atoms with Gasteiger partial charge in [-0.2, -0.15) is 5.10 Å². The average Bonchev–Trinajstić information content (AvgIpc) is 2.37. The van der Waals surface area contributed by atoms with E-state index in [1.165, 1.54) is 18.2 Å². The number of nitrogens with zero attached hydrogens (tertiary/aromatic N) is 3. The molecule has 0 spiro atoms. The van der Waals surface area contributed by atoms with Crippen LogP contribution in [0.2, 0.25) is 0 Å². The van der Waals surface area contributed by atoms with Crippen LogP contribution >= 0.6 is 0 Å². The fraction of sp³-hybridized carbons (Fsp3) is 0.167. The van der Waals surface area contributed by atoms with Gasteiger partial charge in [-0.05, 0) is 26.0 Å². The fourth-order valence-electron chi connectivity index (χ4n) is 1.41. The summed E-state index contributed by atoms with van der Waals surface area (Å²) in [5, 5.41) is 9.99. The van der Waals surface area contributed by atoms with Crippen molar-refractivity contribution < 1.29 is 9.18 Å². The van der Waals surface area contributed by atoms with Gasteiger partial charge in [-0.15, -0.1) is 5.10 Å². The molecule has 3 N–H and O–H groups in total. The van der Waals surface area contributed by atoms with E-state index in [0.29, 0.717) is 11.4 Å². The Labute approximate surface area is 108 Å². The highest BCUT2D eigenvalue weighted by atomic mass is 19.1. The Morgan fingerprint density at radius 2 is 2.00 bits per heavy atom. The summed E-state index contributed by atoms with van der Waals surface area (Å²) in [5.74, 6) is -1.18. The van der Waals surface area contributed by atoms with Gasteiger partial charge < -0.3 is 5.73 Å².